The number of nitrogens with one attached hydrogen (secondary N) is 2. The van der Waals surface area contributed by atoms with Crippen LogP contribution in [-0.4, -0.2) is 35.7 Å². The first kappa shape index (κ1) is 21.9. The van der Waals surface area contributed by atoms with Gasteiger partial charge in [-0.15, -0.1) is 0 Å². The molecule has 0 atom stereocenters. The van der Waals surface area contributed by atoms with Crippen molar-refractivity contribution in [3.63, 3.8) is 0 Å². The second kappa shape index (κ2) is 10.8. The van der Waals surface area contributed by atoms with Gasteiger partial charge in [0.2, 0.25) is 0 Å². The zero-order valence-electron chi connectivity index (χ0n) is 17.6. The van der Waals surface area contributed by atoms with E-state index in [4.69, 9.17) is 0 Å². The molecule has 0 spiro atoms. The fraction of sp³-hybridized carbons (Fsp3) is 0.261. The van der Waals surface area contributed by atoms with Gasteiger partial charge in [0.1, 0.15) is 6.54 Å². The van der Waals surface area contributed by atoms with Crippen molar-refractivity contribution in [2.45, 2.75) is 27.7 Å². The Kier molecular flexibility index (Phi) is 8.15. The molecule has 0 aliphatic carbocycles. The standard InChI is InChI=1S/C21H23N5O.C2H6/c1-4-5-11-18(15(2)3)22-13-17-12-20(27)26-14-19(23-17)24-21(25-26)16-9-7-6-8-10-16;1-2/h4-12,22H,2,13-14H2,1,3H3,(H,23,24,25);1-2H3/b5-4-,18-11+;. The van der Waals surface area contributed by atoms with Crippen molar-refractivity contribution in [2.24, 2.45) is 9.98 Å². The molecular weight excluding hydrogens is 362 g/mol. The molecule has 2 aliphatic rings. The molecule has 2 bridgehead atoms. The number of nitrogens with zero attached hydrogens (tertiary/aromatic N) is 3. The van der Waals surface area contributed by atoms with Crippen LogP contribution < -0.4 is 10.7 Å². The molecule has 0 saturated heterocycles. The van der Waals surface area contributed by atoms with E-state index >= 15 is 0 Å². The van der Waals surface area contributed by atoms with Crippen LogP contribution in [0, 0.1) is 0 Å². The van der Waals surface area contributed by atoms with Crippen LogP contribution in [0.1, 0.15) is 33.3 Å². The molecule has 6 nitrogen and oxygen atoms in total. The van der Waals surface area contributed by atoms with E-state index in [1.807, 2.05) is 76.3 Å². The molecule has 2 aliphatic heterocycles. The summed E-state index contributed by atoms with van der Waals surface area (Å²) in [6, 6.07) is 9.68. The number of benzene rings is 1. The fourth-order valence-electron chi connectivity index (χ4n) is 2.66. The number of amidine groups is 2. The SMILES string of the molecule is C=C(C)/C(=C\C=C/C)NCC1=CC(=O)N2CC(=N1)N=C(c1ccccc1)N2.CC. The Bertz CT molecular complexity index is 891. The van der Waals surface area contributed by atoms with Crippen molar-refractivity contribution >= 4 is 17.6 Å². The molecule has 1 aromatic carbocycles. The van der Waals surface area contributed by atoms with Crippen LogP contribution in [0.15, 0.2) is 88.2 Å². The summed E-state index contributed by atoms with van der Waals surface area (Å²) in [6.45, 7) is 12.6. The lowest BCUT2D eigenvalue weighted by atomic mass is 10.2. The van der Waals surface area contributed by atoms with Crippen LogP contribution in [0.2, 0.25) is 0 Å². The van der Waals surface area contributed by atoms with Gasteiger partial charge in [-0.3, -0.25) is 10.2 Å². The number of fused-ring (bicyclic) bond motifs is 2. The average molecular weight is 392 g/mol. The number of carbonyl (C=O) groups is 1. The molecule has 3 rings (SSSR count). The van der Waals surface area contributed by atoms with E-state index in [1.54, 1.807) is 0 Å². The van der Waals surface area contributed by atoms with Crippen molar-refractivity contribution < 1.29 is 4.79 Å². The largest absolute Gasteiger partial charge is 0.379 e. The molecule has 1 amide bonds. The summed E-state index contributed by atoms with van der Waals surface area (Å²) in [6.07, 6.45) is 7.36. The van der Waals surface area contributed by atoms with E-state index in [0.717, 1.165) is 16.8 Å². The highest BCUT2D eigenvalue weighted by molar-refractivity contribution is 6.11. The topological polar surface area (TPSA) is 69.1 Å². The van der Waals surface area contributed by atoms with E-state index in [9.17, 15) is 4.79 Å². The number of amides is 1. The Morgan fingerprint density at radius 3 is 2.66 bits per heavy atom. The minimum atomic E-state index is -0.150. The van der Waals surface area contributed by atoms with E-state index in [0.29, 0.717) is 30.5 Å². The van der Waals surface area contributed by atoms with Crippen LogP contribution >= 0.6 is 0 Å². The van der Waals surface area contributed by atoms with Crippen LogP contribution in [0.3, 0.4) is 0 Å². The van der Waals surface area contributed by atoms with Crippen molar-refractivity contribution in [3.8, 4) is 0 Å². The van der Waals surface area contributed by atoms with Crippen molar-refractivity contribution in [2.75, 3.05) is 13.1 Å². The Morgan fingerprint density at radius 2 is 2.00 bits per heavy atom. The summed E-state index contributed by atoms with van der Waals surface area (Å²) >= 11 is 0. The predicted molar refractivity (Wildman–Crippen MR) is 120 cm³/mol. The molecule has 29 heavy (non-hydrogen) atoms. The van der Waals surface area contributed by atoms with Gasteiger partial charge >= 0.3 is 0 Å². The molecular formula is C23H29N5O. The van der Waals surface area contributed by atoms with Gasteiger partial charge in [-0.1, -0.05) is 62.9 Å². The highest BCUT2D eigenvalue weighted by Crippen LogP contribution is 2.13. The molecule has 0 fully saturated rings. The smallest absolute Gasteiger partial charge is 0.267 e. The zero-order chi connectivity index (χ0) is 21.2. The van der Waals surface area contributed by atoms with Gasteiger partial charge < -0.3 is 5.32 Å². The summed E-state index contributed by atoms with van der Waals surface area (Å²) in [5, 5.41) is 4.81. The lowest BCUT2D eigenvalue weighted by Crippen LogP contribution is -2.51. The number of carbonyl (C=O) groups excluding carboxylic acids is 1. The molecule has 2 heterocycles. The van der Waals surface area contributed by atoms with Gasteiger partial charge in [0, 0.05) is 17.3 Å². The highest BCUT2D eigenvalue weighted by Gasteiger charge is 2.25. The zero-order valence-corrected chi connectivity index (χ0v) is 17.6. The lowest BCUT2D eigenvalue weighted by Gasteiger charge is -2.26. The maximum absolute atomic E-state index is 12.6. The minimum Gasteiger partial charge on any atom is -0.379 e. The van der Waals surface area contributed by atoms with Gasteiger partial charge in [0.25, 0.3) is 5.91 Å². The third-order valence-corrected chi connectivity index (χ3v) is 4.03. The fourth-order valence-corrected chi connectivity index (χ4v) is 2.66. The van der Waals surface area contributed by atoms with E-state index in [-0.39, 0.29) is 5.91 Å². The Labute approximate surface area is 173 Å². The maximum atomic E-state index is 12.6. The van der Waals surface area contributed by atoms with Crippen LogP contribution in [0.4, 0.5) is 0 Å². The van der Waals surface area contributed by atoms with Gasteiger partial charge in [0.05, 0.1) is 12.2 Å². The first-order valence-electron chi connectivity index (χ1n) is 9.80. The number of rotatable bonds is 6. The quantitative estimate of drug-likeness (QED) is 0.726. The van der Waals surface area contributed by atoms with Crippen LogP contribution in [-0.2, 0) is 4.79 Å². The normalized spacial score (nSPS) is 16.0. The molecule has 0 saturated carbocycles. The van der Waals surface area contributed by atoms with Gasteiger partial charge in [0.15, 0.2) is 11.7 Å². The first-order valence-corrected chi connectivity index (χ1v) is 9.80. The van der Waals surface area contributed by atoms with Crippen molar-refractivity contribution in [3.05, 3.63) is 83.7 Å². The lowest BCUT2D eigenvalue weighted by molar-refractivity contribution is -0.127. The second-order valence-electron chi connectivity index (χ2n) is 6.27. The van der Waals surface area contributed by atoms with Crippen molar-refractivity contribution in [1.29, 1.82) is 0 Å². The minimum absolute atomic E-state index is 0.150. The summed E-state index contributed by atoms with van der Waals surface area (Å²) in [5.41, 5.74) is 6.43. The first-order chi connectivity index (χ1) is 14.1. The summed E-state index contributed by atoms with van der Waals surface area (Å²) in [7, 11) is 0. The van der Waals surface area contributed by atoms with Crippen molar-refractivity contribution in [1.82, 2.24) is 15.8 Å². The molecule has 0 aromatic heterocycles. The van der Waals surface area contributed by atoms with Gasteiger partial charge in [-0.25, -0.2) is 15.0 Å². The Hall–Kier alpha value is -3.41. The highest BCUT2D eigenvalue weighted by atomic mass is 16.2. The summed E-state index contributed by atoms with van der Waals surface area (Å²) in [4.78, 5) is 21.7. The third kappa shape index (κ3) is 6.04. The molecule has 6 heteroatoms. The Balaban J connectivity index is 0.00000145. The van der Waals surface area contributed by atoms with Crippen LogP contribution in [0.5, 0.6) is 0 Å². The number of aliphatic imine (C=N–C) groups is 2. The monoisotopic (exact) mass is 391 g/mol. The summed E-state index contributed by atoms with van der Waals surface area (Å²) in [5.74, 6) is 1.07. The van der Waals surface area contributed by atoms with Crippen LogP contribution in [0.25, 0.3) is 0 Å². The van der Waals surface area contributed by atoms with E-state index in [2.05, 4.69) is 27.3 Å². The maximum Gasteiger partial charge on any atom is 0.267 e. The molecule has 1 aromatic rings. The molecule has 152 valence electrons. The average Bonchev–Trinajstić information content (AvgIpc) is 2.85. The van der Waals surface area contributed by atoms with Gasteiger partial charge in [-0.2, -0.15) is 0 Å². The molecule has 0 unspecified atom stereocenters. The third-order valence-electron chi connectivity index (χ3n) is 4.03. The van der Waals surface area contributed by atoms with Gasteiger partial charge in [-0.05, 0) is 25.5 Å². The van der Waals surface area contributed by atoms with E-state index < -0.39 is 0 Å². The predicted octanol–water partition coefficient (Wildman–Crippen LogP) is 3.73. The number of allylic oxidation sites excluding steroid dienone is 4. The number of hydrogen-bond donors (Lipinski definition) is 2. The van der Waals surface area contributed by atoms with E-state index in [1.165, 1.54) is 11.1 Å². The second-order valence-corrected chi connectivity index (χ2v) is 6.27. The Morgan fingerprint density at radius 1 is 1.28 bits per heavy atom. The number of hydrazine groups is 1. The summed E-state index contributed by atoms with van der Waals surface area (Å²) < 4.78 is 0. The molecule has 0 radical (unpaired) electrons. The molecule has 2 N–H and O–H groups in total. The number of hydrogen-bond acceptors (Lipinski definition) is 5.